The molecule has 1 aromatic heterocycles. The van der Waals surface area contributed by atoms with E-state index in [4.69, 9.17) is 0 Å². The molecular weight excluding hydrogens is 294 g/mol. The van der Waals surface area contributed by atoms with Crippen LogP contribution in [0.4, 0.5) is 0 Å². The Labute approximate surface area is 134 Å². The fourth-order valence-electron chi connectivity index (χ4n) is 3.08. The Morgan fingerprint density at radius 3 is 2.57 bits per heavy atom. The molecular formula is C17H21N3O3. The molecule has 0 radical (unpaired) electrons. The summed E-state index contributed by atoms with van der Waals surface area (Å²) in [6.07, 6.45) is 3.50. The highest BCUT2D eigenvalue weighted by atomic mass is 16.3. The molecule has 122 valence electrons. The molecule has 6 heteroatoms. The van der Waals surface area contributed by atoms with E-state index in [1.807, 2.05) is 31.2 Å². The van der Waals surface area contributed by atoms with Gasteiger partial charge in [-0.15, -0.1) is 0 Å². The third-order valence-electron chi connectivity index (χ3n) is 4.50. The number of aromatic nitrogens is 2. The summed E-state index contributed by atoms with van der Waals surface area (Å²) in [6.45, 7) is 1.89. The highest BCUT2D eigenvalue weighted by molar-refractivity contribution is 5.92. The van der Waals surface area contributed by atoms with Crippen molar-refractivity contribution >= 4 is 5.91 Å². The Hall–Kier alpha value is -2.34. The lowest BCUT2D eigenvalue weighted by atomic mass is 9.99. The van der Waals surface area contributed by atoms with E-state index in [0.29, 0.717) is 5.69 Å². The van der Waals surface area contributed by atoms with Crippen LogP contribution in [0.25, 0.3) is 5.69 Å². The summed E-state index contributed by atoms with van der Waals surface area (Å²) >= 11 is 0. The summed E-state index contributed by atoms with van der Waals surface area (Å²) in [5, 5.41) is 15.3. The van der Waals surface area contributed by atoms with Crippen LogP contribution in [0.5, 0.6) is 0 Å². The Bertz CT molecular complexity index is 752. The molecule has 0 spiro atoms. The second kappa shape index (κ2) is 6.04. The first kappa shape index (κ1) is 15.6. The first-order chi connectivity index (χ1) is 11.0. The molecule has 1 aliphatic carbocycles. The van der Waals surface area contributed by atoms with E-state index in [-0.39, 0.29) is 23.8 Å². The van der Waals surface area contributed by atoms with Crippen LogP contribution in [0.3, 0.4) is 0 Å². The maximum absolute atomic E-state index is 12.4. The number of aromatic amines is 1. The second-order valence-electron chi connectivity index (χ2n) is 6.28. The van der Waals surface area contributed by atoms with Gasteiger partial charge in [0.2, 0.25) is 0 Å². The first-order valence-corrected chi connectivity index (χ1v) is 7.85. The van der Waals surface area contributed by atoms with E-state index in [2.05, 4.69) is 10.4 Å². The molecule has 3 rings (SSSR count). The summed E-state index contributed by atoms with van der Waals surface area (Å²) < 4.78 is 1.34. The van der Waals surface area contributed by atoms with Crippen LogP contribution in [-0.4, -0.2) is 32.9 Å². The summed E-state index contributed by atoms with van der Waals surface area (Å²) in [6, 6.07) is 8.74. The third kappa shape index (κ3) is 3.07. The van der Waals surface area contributed by atoms with E-state index < -0.39 is 5.54 Å². The monoisotopic (exact) mass is 315 g/mol. The van der Waals surface area contributed by atoms with Crippen LogP contribution >= 0.6 is 0 Å². The number of carbonyl (C=O) groups is 1. The lowest BCUT2D eigenvalue weighted by molar-refractivity contribution is 0.0833. The highest BCUT2D eigenvalue weighted by Crippen LogP contribution is 2.29. The van der Waals surface area contributed by atoms with Gasteiger partial charge in [-0.25, -0.2) is 4.68 Å². The number of amides is 1. The summed E-state index contributed by atoms with van der Waals surface area (Å²) in [5.41, 5.74) is 1.13. The number of nitrogens with zero attached hydrogens (tertiary/aromatic N) is 1. The normalized spacial score (nSPS) is 16.4. The van der Waals surface area contributed by atoms with Gasteiger partial charge in [0.25, 0.3) is 11.5 Å². The van der Waals surface area contributed by atoms with Crippen molar-refractivity contribution in [3.05, 3.63) is 51.9 Å². The standard InChI is InChI=1S/C17H21N3O3/c1-12-4-6-13(7-5-12)20-15(22)10-14(19-20)16(23)18-17(11-21)8-2-3-9-17/h4-7,10,19,21H,2-3,8-9,11H2,1H3,(H,18,23). The van der Waals surface area contributed by atoms with E-state index in [9.17, 15) is 14.7 Å². The largest absolute Gasteiger partial charge is 0.394 e. The molecule has 0 bridgehead atoms. The lowest BCUT2D eigenvalue weighted by Crippen LogP contribution is -2.49. The molecule has 0 aliphatic heterocycles. The number of aliphatic hydroxyl groups excluding tert-OH is 1. The molecule has 1 amide bonds. The Morgan fingerprint density at radius 1 is 1.30 bits per heavy atom. The van der Waals surface area contributed by atoms with E-state index in [1.165, 1.54) is 10.7 Å². The summed E-state index contributed by atoms with van der Waals surface area (Å²) in [4.78, 5) is 24.5. The average molecular weight is 315 g/mol. The molecule has 6 nitrogen and oxygen atoms in total. The number of aryl methyl sites for hydroxylation is 1. The molecule has 1 fully saturated rings. The smallest absolute Gasteiger partial charge is 0.271 e. The van der Waals surface area contributed by atoms with Crippen LogP contribution in [0.15, 0.2) is 35.1 Å². The van der Waals surface area contributed by atoms with Crippen molar-refractivity contribution in [1.29, 1.82) is 0 Å². The van der Waals surface area contributed by atoms with Gasteiger partial charge in [-0.1, -0.05) is 30.5 Å². The fourth-order valence-corrected chi connectivity index (χ4v) is 3.08. The lowest BCUT2D eigenvalue weighted by Gasteiger charge is -2.27. The minimum absolute atomic E-state index is 0.0817. The molecule has 1 heterocycles. The summed E-state index contributed by atoms with van der Waals surface area (Å²) in [7, 11) is 0. The van der Waals surface area contributed by atoms with Crippen molar-refractivity contribution in [2.45, 2.75) is 38.1 Å². The minimum atomic E-state index is -0.556. The van der Waals surface area contributed by atoms with Crippen molar-refractivity contribution in [2.75, 3.05) is 6.61 Å². The van der Waals surface area contributed by atoms with Gasteiger partial charge in [0.15, 0.2) is 0 Å². The van der Waals surface area contributed by atoms with Gasteiger partial charge in [-0.2, -0.15) is 0 Å². The van der Waals surface area contributed by atoms with Gasteiger partial charge in [0.05, 0.1) is 17.8 Å². The zero-order chi connectivity index (χ0) is 16.4. The number of H-pyrrole nitrogens is 1. The third-order valence-corrected chi connectivity index (χ3v) is 4.50. The number of carbonyl (C=O) groups excluding carboxylic acids is 1. The van der Waals surface area contributed by atoms with Crippen molar-refractivity contribution in [3.63, 3.8) is 0 Å². The van der Waals surface area contributed by atoms with Crippen LogP contribution in [0.2, 0.25) is 0 Å². The number of hydrogen-bond donors (Lipinski definition) is 3. The molecule has 0 saturated heterocycles. The summed E-state index contributed by atoms with van der Waals surface area (Å²) in [5.74, 6) is -0.357. The molecule has 23 heavy (non-hydrogen) atoms. The number of benzene rings is 1. The van der Waals surface area contributed by atoms with Gasteiger partial charge in [-0.05, 0) is 31.9 Å². The van der Waals surface area contributed by atoms with Crippen LogP contribution in [-0.2, 0) is 0 Å². The molecule has 1 saturated carbocycles. The average Bonchev–Trinajstić information content (AvgIpc) is 3.16. The second-order valence-corrected chi connectivity index (χ2v) is 6.28. The SMILES string of the molecule is Cc1ccc(-n2[nH]c(C(=O)NC3(CO)CCCC3)cc2=O)cc1. The Morgan fingerprint density at radius 2 is 1.96 bits per heavy atom. The van der Waals surface area contributed by atoms with Crippen LogP contribution in [0.1, 0.15) is 41.7 Å². The molecule has 1 aliphatic rings. The number of rotatable bonds is 4. The maximum atomic E-state index is 12.4. The predicted molar refractivity (Wildman–Crippen MR) is 86.9 cm³/mol. The number of nitrogens with one attached hydrogen (secondary N) is 2. The highest BCUT2D eigenvalue weighted by Gasteiger charge is 2.35. The Kier molecular flexibility index (Phi) is 4.09. The molecule has 0 unspecified atom stereocenters. The van der Waals surface area contributed by atoms with Crippen molar-refractivity contribution in [3.8, 4) is 5.69 Å². The van der Waals surface area contributed by atoms with Gasteiger partial charge in [0.1, 0.15) is 5.69 Å². The number of hydrogen-bond acceptors (Lipinski definition) is 3. The van der Waals surface area contributed by atoms with Crippen molar-refractivity contribution < 1.29 is 9.90 Å². The van der Waals surface area contributed by atoms with E-state index in [1.54, 1.807) is 0 Å². The van der Waals surface area contributed by atoms with Crippen LogP contribution in [0, 0.1) is 6.92 Å². The quantitative estimate of drug-likeness (QED) is 0.799. The van der Waals surface area contributed by atoms with Gasteiger partial charge in [-0.3, -0.25) is 14.7 Å². The maximum Gasteiger partial charge on any atom is 0.271 e. The van der Waals surface area contributed by atoms with Gasteiger partial charge in [0, 0.05) is 6.07 Å². The van der Waals surface area contributed by atoms with Crippen LogP contribution < -0.4 is 10.9 Å². The van der Waals surface area contributed by atoms with Crippen molar-refractivity contribution in [2.24, 2.45) is 0 Å². The zero-order valence-corrected chi connectivity index (χ0v) is 13.1. The van der Waals surface area contributed by atoms with Gasteiger partial charge < -0.3 is 10.4 Å². The fraction of sp³-hybridized carbons (Fsp3) is 0.412. The number of aliphatic hydroxyl groups is 1. The van der Waals surface area contributed by atoms with E-state index in [0.717, 1.165) is 31.2 Å². The van der Waals surface area contributed by atoms with Gasteiger partial charge >= 0.3 is 0 Å². The molecule has 0 atom stereocenters. The molecule has 2 aromatic rings. The zero-order valence-electron chi connectivity index (χ0n) is 13.1. The molecule has 1 aromatic carbocycles. The van der Waals surface area contributed by atoms with Crippen molar-refractivity contribution in [1.82, 2.24) is 15.1 Å². The first-order valence-electron chi connectivity index (χ1n) is 7.85. The Balaban J connectivity index is 1.84. The van der Waals surface area contributed by atoms with E-state index >= 15 is 0 Å². The topological polar surface area (TPSA) is 87.1 Å². The minimum Gasteiger partial charge on any atom is -0.394 e. The predicted octanol–water partition coefficient (Wildman–Crippen LogP) is 1.51. The molecule has 3 N–H and O–H groups in total.